The molecule has 3 N–H and O–H groups in total. The summed E-state index contributed by atoms with van der Waals surface area (Å²) in [6.45, 7) is 3.69. The first kappa shape index (κ1) is 12.7. The van der Waals surface area contributed by atoms with Crippen LogP contribution in [0.5, 0.6) is 0 Å². The largest absolute Gasteiger partial charge is 0.271 e. The minimum absolute atomic E-state index is 0.233. The fourth-order valence-corrected chi connectivity index (χ4v) is 2.02. The van der Waals surface area contributed by atoms with Gasteiger partial charge in [-0.1, -0.05) is 18.2 Å². The summed E-state index contributed by atoms with van der Waals surface area (Å²) in [6, 6.07) is 6.79. The maximum Gasteiger partial charge on any atom is 0.131 e. The van der Waals surface area contributed by atoms with Gasteiger partial charge in [-0.05, 0) is 36.6 Å². The smallest absolute Gasteiger partial charge is 0.131 e. The average molecular weight is 245 g/mol. The van der Waals surface area contributed by atoms with E-state index in [4.69, 9.17) is 5.84 Å². The van der Waals surface area contributed by atoms with Gasteiger partial charge in [-0.15, -0.1) is 0 Å². The van der Waals surface area contributed by atoms with E-state index in [0.717, 1.165) is 11.1 Å². The minimum Gasteiger partial charge on any atom is -0.271 e. The summed E-state index contributed by atoms with van der Waals surface area (Å²) in [5.41, 5.74) is 5.71. The number of hydrogen-bond donors (Lipinski definition) is 2. The number of pyridine rings is 1. The van der Waals surface area contributed by atoms with Crippen molar-refractivity contribution in [2.24, 2.45) is 5.84 Å². The highest BCUT2D eigenvalue weighted by Gasteiger charge is 2.19. The molecule has 0 amide bonds. The lowest BCUT2D eigenvalue weighted by molar-refractivity contribution is 0.552. The van der Waals surface area contributed by atoms with Crippen LogP contribution in [0, 0.1) is 19.7 Å². The molecule has 0 saturated heterocycles. The van der Waals surface area contributed by atoms with Crippen LogP contribution in [-0.4, -0.2) is 4.98 Å². The molecule has 0 spiro atoms. The molecule has 18 heavy (non-hydrogen) atoms. The number of aromatic nitrogens is 1. The molecule has 0 fully saturated rings. The van der Waals surface area contributed by atoms with Crippen LogP contribution in [0.2, 0.25) is 0 Å². The first-order valence-electron chi connectivity index (χ1n) is 5.76. The van der Waals surface area contributed by atoms with Gasteiger partial charge in [0.05, 0.1) is 6.04 Å². The van der Waals surface area contributed by atoms with E-state index in [2.05, 4.69) is 10.4 Å². The highest BCUT2D eigenvalue weighted by atomic mass is 19.1. The van der Waals surface area contributed by atoms with E-state index in [0.29, 0.717) is 11.1 Å². The van der Waals surface area contributed by atoms with Crippen molar-refractivity contribution in [2.75, 3.05) is 0 Å². The molecule has 1 unspecified atom stereocenters. The van der Waals surface area contributed by atoms with Crippen molar-refractivity contribution < 1.29 is 4.39 Å². The zero-order valence-electron chi connectivity index (χ0n) is 10.4. The number of nitrogens with two attached hydrogens (primary N) is 1. The molecule has 1 atom stereocenters. The summed E-state index contributed by atoms with van der Waals surface area (Å²) >= 11 is 0. The molecule has 0 bridgehead atoms. The second-order valence-electron chi connectivity index (χ2n) is 4.31. The van der Waals surface area contributed by atoms with E-state index in [1.807, 2.05) is 19.1 Å². The Morgan fingerprint density at radius 2 is 1.94 bits per heavy atom. The number of hydrogen-bond acceptors (Lipinski definition) is 3. The van der Waals surface area contributed by atoms with E-state index in [9.17, 15) is 4.39 Å². The lowest BCUT2D eigenvalue weighted by atomic mass is 9.95. The first-order chi connectivity index (χ1) is 8.65. The van der Waals surface area contributed by atoms with Crippen molar-refractivity contribution in [1.29, 1.82) is 0 Å². The maximum atomic E-state index is 14.1. The third-order valence-corrected chi connectivity index (χ3v) is 3.09. The quantitative estimate of drug-likeness (QED) is 0.645. The number of nitrogens with one attached hydrogen (secondary N) is 1. The van der Waals surface area contributed by atoms with E-state index in [1.165, 1.54) is 0 Å². The number of aryl methyl sites for hydroxylation is 2. The second-order valence-corrected chi connectivity index (χ2v) is 4.31. The molecule has 0 aliphatic carbocycles. The molecule has 2 aromatic rings. The topological polar surface area (TPSA) is 50.9 Å². The lowest BCUT2D eigenvalue weighted by Crippen LogP contribution is -2.30. The fourth-order valence-electron chi connectivity index (χ4n) is 2.02. The van der Waals surface area contributed by atoms with Gasteiger partial charge in [0.1, 0.15) is 5.82 Å². The molecule has 3 nitrogen and oxygen atoms in total. The summed E-state index contributed by atoms with van der Waals surface area (Å²) in [4.78, 5) is 4.07. The van der Waals surface area contributed by atoms with Crippen molar-refractivity contribution in [3.05, 3.63) is 64.7 Å². The highest BCUT2D eigenvalue weighted by Crippen LogP contribution is 2.26. The molecule has 0 radical (unpaired) electrons. The molecule has 94 valence electrons. The molecular weight excluding hydrogens is 229 g/mol. The average Bonchev–Trinajstić information content (AvgIpc) is 2.37. The fraction of sp³-hybridized carbons (Fsp3) is 0.214. The Balaban J connectivity index is 2.53. The van der Waals surface area contributed by atoms with Crippen molar-refractivity contribution >= 4 is 0 Å². The third-order valence-electron chi connectivity index (χ3n) is 3.09. The molecule has 1 heterocycles. The van der Waals surface area contributed by atoms with Gasteiger partial charge in [0.25, 0.3) is 0 Å². The Morgan fingerprint density at radius 3 is 2.61 bits per heavy atom. The molecule has 1 aromatic heterocycles. The molecule has 4 heteroatoms. The molecule has 2 rings (SSSR count). The van der Waals surface area contributed by atoms with Crippen LogP contribution in [0.4, 0.5) is 4.39 Å². The van der Waals surface area contributed by atoms with Crippen LogP contribution in [-0.2, 0) is 0 Å². The van der Waals surface area contributed by atoms with E-state index < -0.39 is 6.04 Å². The molecule has 0 saturated carbocycles. The number of hydrazine groups is 1. The standard InChI is InChI=1S/C14H16FN3/c1-9-6-7-17-8-12(9)14(18-16)11-5-3-4-10(2)13(11)15/h3-8,14,18H,16H2,1-2H3. The summed E-state index contributed by atoms with van der Waals surface area (Å²) in [6.07, 6.45) is 3.42. The predicted octanol–water partition coefficient (Wildman–Crippen LogP) is 2.39. The summed E-state index contributed by atoms with van der Waals surface area (Å²) in [5.74, 6) is 5.35. The maximum absolute atomic E-state index is 14.1. The lowest BCUT2D eigenvalue weighted by Gasteiger charge is -2.19. The Bertz CT molecular complexity index is 554. The van der Waals surface area contributed by atoms with Gasteiger partial charge in [-0.2, -0.15) is 0 Å². The second kappa shape index (κ2) is 5.25. The Labute approximate surface area is 106 Å². The Morgan fingerprint density at radius 1 is 1.17 bits per heavy atom. The summed E-state index contributed by atoms with van der Waals surface area (Å²) in [5, 5.41) is 0. The van der Waals surface area contributed by atoms with Gasteiger partial charge in [0.15, 0.2) is 0 Å². The van der Waals surface area contributed by atoms with Gasteiger partial charge in [-0.3, -0.25) is 10.8 Å². The molecular formula is C14H16FN3. The van der Waals surface area contributed by atoms with Crippen molar-refractivity contribution in [2.45, 2.75) is 19.9 Å². The third kappa shape index (κ3) is 2.25. The van der Waals surface area contributed by atoms with Crippen molar-refractivity contribution in [3.63, 3.8) is 0 Å². The number of rotatable bonds is 3. The van der Waals surface area contributed by atoms with Crippen LogP contribution in [0.25, 0.3) is 0 Å². The monoisotopic (exact) mass is 245 g/mol. The SMILES string of the molecule is Cc1ccncc1C(NN)c1cccc(C)c1F. The molecule has 0 aliphatic heterocycles. The summed E-state index contributed by atoms with van der Waals surface area (Å²) in [7, 11) is 0. The van der Waals surface area contributed by atoms with Gasteiger partial charge >= 0.3 is 0 Å². The van der Waals surface area contributed by atoms with Gasteiger partial charge in [0.2, 0.25) is 0 Å². The van der Waals surface area contributed by atoms with Crippen LogP contribution in [0.1, 0.15) is 28.3 Å². The molecule has 0 aliphatic rings. The zero-order chi connectivity index (χ0) is 13.1. The van der Waals surface area contributed by atoms with Crippen LogP contribution < -0.4 is 11.3 Å². The van der Waals surface area contributed by atoms with Gasteiger partial charge < -0.3 is 0 Å². The predicted molar refractivity (Wildman–Crippen MR) is 69.3 cm³/mol. The van der Waals surface area contributed by atoms with Crippen molar-refractivity contribution in [1.82, 2.24) is 10.4 Å². The van der Waals surface area contributed by atoms with Gasteiger partial charge in [0, 0.05) is 18.0 Å². The normalized spacial score (nSPS) is 12.4. The van der Waals surface area contributed by atoms with E-state index in [-0.39, 0.29) is 5.82 Å². The van der Waals surface area contributed by atoms with Crippen molar-refractivity contribution in [3.8, 4) is 0 Å². The Kier molecular flexibility index (Phi) is 3.69. The van der Waals surface area contributed by atoms with Crippen LogP contribution in [0.3, 0.4) is 0 Å². The zero-order valence-corrected chi connectivity index (χ0v) is 10.4. The van der Waals surface area contributed by atoms with Crippen LogP contribution in [0.15, 0.2) is 36.7 Å². The van der Waals surface area contributed by atoms with E-state index >= 15 is 0 Å². The number of nitrogens with zero attached hydrogens (tertiary/aromatic N) is 1. The number of halogens is 1. The molecule has 1 aromatic carbocycles. The highest BCUT2D eigenvalue weighted by molar-refractivity contribution is 5.37. The van der Waals surface area contributed by atoms with Crippen LogP contribution >= 0.6 is 0 Å². The summed E-state index contributed by atoms with van der Waals surface area (Å²) < 4.78 is 14.1. The minimum atomic E-state index is -0.390. The van der Waals surface area contributed by atoms with E-state index in [1.54, 1.807) is 31.5 Å². The first-order valence-corrected chi connectivity index (χ1v) is 5.76. The Hall–Kier alpha value is -1.78. The number of benzene rings is 1. The van der Waals surface area contributed by atoms with Gasteiger partial charge in [-0.25, -0.2) is 9.82 Å².